The fraction of sp³-hybridized carbons (Fsp3) is 0.417. The molecule has 1 N–H and O–H groups in total. The molecular formula is C24H28N2O4S. The van der Waals surface area contributed by atoms with Gasteiger partial charge in [-0.25, -0.2) is 8.42 Å². The summed E-state index contributed by atoms with van der Waals surface area (Å²) in [6.07, 6.45) is 0.596. The smallest absolute Gasteiger partial charge is 0.225 e. The predicted octanol–water partition coefficient (Wildman–Crippen LogP) is 2.14. The highest BCUT2D eigenvalue weighted by Gasteiger charge is 2.42. The molecule has 31 heavy (non-hydrogen) atoms. The number of sulfone groups is 1. The van der Waals surface area contributed by atoms with Crippen molar-refractivity contribution in [1.29, 1.82) is 0 Å². The molecule has 2 saturated heterocycles. The Morgan fingerprint density at radius 3 is 2.16 bits per heavy atom. The van der Waals surface area contributed by atoms with Crippen LogP contribution in [0, 0.1) is 5.92 Å². The first-order chi connectivity index (χ1) is 14.8. The minimum atomic E-state index is -3.08. The summed E-state index contributed by atoms with van der Waals surface area (Å²) in [5.41, 5.74) is 1.78. The molecule has 164 valence electrons. The summed E-state index contributed by atoms with van der Waals surface area (Å²) >= 11 is 0. The van der Waals surface area contributed by atoms with Crippen molar-refractivity contribution in [3.8, 4) is 0 Å². The second-order valence-corrected chi connectivity index (χ2v) is 11.0. The van der Waals surface area contributed by atoms with E-state index >= 15 is 0 Å². The minimum absolute atomic E-state index is 0.00711. The van der Waals surface area contributed by atoms with Gasteiger partial charge in [0.05, 0.1) is 17.4 Å². The molecule has 2 amide bonds. The zero-order valence-corrected chi connectivity index (χ0v) is 18.5. The molecule has 6 nitrogen and oxygen atoms in total. The molecule has 2 atom stereocenters. The van der Waals surface area contributed by atoms with Crippen LogP contribution in [0.25, 0.3) is 0 Å². The van der Waals surface area contributed by atoms with Crippen LogP contribution in [0.3, 0.4) is 0 Å². The highest BCUT2D eigenvalue weighted by molar-refractivity contribution is 7.91. The van der Waals surface area contributed by atoms with Crippen LogP contribution < -0.4 is 5.32 Å². The Labute approximate surface area is 183 Å². The third kappa shape index (κ3) is 4.51. The van der Waals surface area contributed by atoms with E-state index in [-0.39, 0.29) is 42.3 Å². The average Bonchev–Trinajstić information content (AvgIpc) is 3.34. The van der Waals surface area contributed by atoms with Gasteiger partial charge in [0.2, 0.25) is 11.8 Å². The van der Waals surface area contributed by atoms with Crippen LogP contribution in [0.15, 0.2) is 60.7 Å². The van der Waals surface area contributed by atoms with Crippen LogP contribution in [0.1, 0.15) is 30.9 Å². The fourth-order valence-corrected chi connectivity index (χ4v) is 6.40. The Morgan fingerprint density at radius 2 is 1.65 bits per heavy atom. The molecule has 0 aromatic heterocycles. The van der Waals surface area contributed by atoms with Gasteiger partial charge in [0.15, 0.2) is 9.84 Å². The first kappa shape index (κ1) is 21.6. The maximum Gasteiger partial charge on any atom is 0.225 e. The molecule has 2 aromatic rings. The number of carbonyl (C=O) groups excluding carboxylic acids is 2. The van der Waals surface area contributed by atoms with E-state index in [2.05, 4.69) is 36.5 Å². The number of rotatable bonds is 6. The molecule has 2 aromatic carbocycles. The summed E-state index contributed by atoms with van der Waals surface area (Å²) in [6.45, 7) is 2.80. The molecule has 0 radical (unpaired) electrons. The van der Waals surface area contributed by atoms with Crippen molar-refractivity contribution < 1.29 is 18.0 Å². The third-order valence-electron chi connectivity index (χ3n) is 6.62. The number of carbonyl (C=O) groups is 2. The quantitative estimate of drug-likeness (QED) is 0.746. The van der Waals surface area contributed by atoms with E-state index in [0.717, 1.165) is 11.1 Å². The highest BCUT2D eigenvalue weighted by Crippen LogP contribution is 2.32. The van der Waals surface area contributed by atoms with Gasteiger partial charge in [-0.1, -0.05) is 60.7 Å². The number of nitrogens with zero attached hydrogens (tertiary/aromatic N) is 1. The standard InChI is InChI=1S/C24H28N2O4S/c1-24(19-8-4-2-5-9-19,20-10-6-3-7-11-20)17-25-23(28)18-14-22(27)26(15-18)21-12-13-31(29,30)16-21/h2-11,18,21H,12-17H2,1H3,(H,25,28)/t18-,21+/m0/s1. The van der Waals surface area contributed by atoms with Crippen molar-refractivity contribution in [2.24, 2.45) is 5.92 Å². The van der Waals surface area contributed by atoms with Gasteiger partial charge in [-0.05, 0) is 24.5 Å². The second-order valence-electron chi connectivity index (χ2n) is 8.79. The molecule has 0 bridgehead atoms. The van der Waals surface area contributed by atoms with Crippen molar-refractivity contribution in [1.82, 2.24) is 10.2 Å². The van der Waals surface area contributed by atoms with Crippen LogP contribution >= 0.6 is 0 Å². The van der Waals surface area contributed by atoms with Crippen molar-refractivity contribution in [2.45, 2.75) is 31.2 Å². The topological polar surface area (TPSA) is 83.6 Å². The minimum Gasteiger partial charge on any atom is -0.355 e. The lowest BCUT2D eigenvalue weighted by molar-refractivity contribution is -0.130. The number of likely N-dealkylation sites (tertiary alicyclic amines) is 1. The average molecular weight is 441 g/mol. The summed E-state index contributed by atoms with van der Waals surface area (Å²) in [5, 5.41) is 3.07. The normalized spacial score (nSPS) is 23.1. The monoisotopic (exact) mass is 440 g/mol. The van der Waals surface area contributed by atoms with Gasteiger partial charge < -0.3 is 10.2 Å². The summed E-state index contributed by atoms with van der Waals surface area (Å²) in [6, 6.07) is 19.8. The highest BCUT2D eigenvalue weighted by atomic mass is 32.2. The van der Waals surface area contributed by atoms with Crippen molar-refractivity contribution in [3.05, 3.63) is 71.8 Å². The maximum absolute atomic E-state index is 13.0. The first-order valence-electron chi connectivity index (χ1n) is 10.7. The predicted molar refractivity (Wildman–Crippen MR) is 119 cm³/mol. The molecule has 4 rings (SSSR count). The van der Waals surface area contributed by atoms with E-state index in [9.17, 15) is 18.0 Å². The van der Waals surface area contributed by atoms with Gasteiger partial charge in [0, 0.05) is 31.0 Å². The summed E-state index contributed by atoms with van der Waals surface area (Å²) in [5.74, 6) is -0.615. The van der Waals surface area contributed by atoms with Gasteiger partial charge in [-0.2, -0.15) is 0 Å². The van der Waals surface area contributed by atoms with Gasteiger partial charge in [0.1, 0.15) is 0 Å². The third-order valence-corrected chi connectivity index (χ3v) is 8.37. The van der Waals surface area contributed by atoms with E-state index in [4.69, 9.17) is 0 Å². The summed E-state index contributed by atoms with van der Waals surface area (Å²) in [4.78, 5) is 27.1. The molecular weight excluding hydrogens is 412 g/mol. The number of benzene rings is 2. The zero-order chi connectivity index (χ0) is 22.1. The van der Waals surface area contributed by atoms with Crippen molar-refractivity contribution in [3.63, 3.8) is 0 Å². The fourth-order valence-electron chi connectivity index (χ4n) is 4.67. The summed E-state index contributed by atoms with van der Waals surface area (Å²) in [7, 11) is -3.08. The molecule has 2 heterocycles. The van der Waals surface area contributed by atoms with E-state index in [1.165, 1.54) is 0 Å². The Morgan fingerprint density at radius 1 is 1.06 bits per heavy atom. The molecule has 2 aliphatic rings. The van der Waals surface area contributed by atoms with E-state index in [0.29, 0.717) is 13.0 Å². The van der Waals surface area contributed by atoms with Crippen molar-refractivity contribution in [2.75, 3.05) is 24.6 Å². The van der Waals surface area contributed by atoms with Gasteiger partial charge in [0.25, 0.3) is 0 Å². The van der Waals surface area contributed by atoms with Crippen LogP contribution in [-0.4, -0.2) is 55.8 Å². The van der Waals surface area contributed by atoms with Gasteiger partial charge in [-0.3, -0.25) is 9.59 Å². The Bertz CT molecular complexity index is 1010. The van der Waals surface area contributed by atoms with E-state index in [1.54, 1.807) is 4.90 Å². The Kier molecular flexibility index (Phi) is 5.88. The maximum atomic E-state index is 13.0. The first-order valence-corrected chi connectivity index (χ1v) is 12.5. The molecule has 0 spiro atoms. The van der Waals surface area contributed by atoms with Gasteiger partial charge >= 0.3 is 0 Å². The number of amides is 2. The molecule has 0 unspecified atom stereocenters. The lowest BCUT2D eigenvalue weighted by Crippen LogP contribution is -2.43. The van der Waals surface area contributed by atoms with E-state index in [1.807, 2.05) is 36.4 Å². The lowest BCUT2D eigenvalue weighted by Gasteiger charge is -2.32. The molecule has 0 saturated carbocycles. The van der Waals surface area contributed by atoms with Crippen LogP contribution in [-0.2, 0) is 24.8 Å². The molecule has 2 aliphatic heterocycles. The Hall–Kier alpha value is -2.67. The second kappa shape index (κ2) is 8.46. The number of hydrogen-bond donors (Lipinski definition) is 1. The number of hydrogen-bond acceptors (Lipinski definition) is 4. The summed E-state index contributed by atoms with van der Waals surface area (Å²) < 4.78 is 23.6. The van der Waals surface area contributed by atoms with Crippen LogP contribution in [0.2, 0.25) is 0 Å². The SMILES string of the molecule is CC(CNC(=O)[C@H]1CC(=O)N([C@@H]2CCS(=O)(=O)C2)C1)(c1ccccc1)c1ccccc1. The molecule has 7 heteroatoms. The zero-order valence-electron chi connectivity index (χ0n) is 17.7. The van der Waals surface area contributed by atoms with E-state index < -0.39 is 21.2 Å². The van der Waals surface area contributed by atoms with Crippen LogP contribution in [0.4, 0.5) is 0 Å². The number of nitrogens with one attached hydrogen (secondary N) is 1. The molecule has 0 aliphatic carbocycles. The Balaban J connectivity index is 1.46. The van der Waals surface area contributed by atoms with Crippen LogP contribution in [0.5, 0.6) is 0 Å². The molecule has 2 fully saturated rings. The lowest BCUT2D eigenvalue weighted by atomic mass is 9.76. The van der Waals surface area contributed by atoms with Gasteiger partial charge in [-0.15, -0.1) is 0 Å². The largest absolute Gasteiger partial charge is 0.355 e. The van der Waals surface area contributed by atoms with Crippen molar-refractivity contribution >= 4 is 21.7 Å².